The average molecular weight is 491 g/mol. The summed E-state index contributed by atoms with van der Waals surface area (Å²) in [6, 6.07) is 23.8. The van der Waals surface area contributed by atoms with Crippen LogP contribution in [0.5, 0.6) is 0 Å². The Kier molecular flexibility index (Phi) is 10.7. The van der Waals surface area contributed by atoms with Gasteiger partial charge in [-0.25, -0.2) is 4.79 Å². The number of carbonyl (C=O) groups is 1. The molecule has 4 heteroatoms. The van der Waals surface area contributed by atoms with E-state index in [9.17, 15) is 4.79 Å². The van der Waals surface area contributed by atoms with Crippen molar-refractivity contribution in [2.75, 3.05) is 26.7 Å². The van der Waals surface area contributed by atoms with Crippen molar-refractivity contribution in [1.29, 1.82) is 0 Å². The highest BCUT2D eigenvalue weighted by molar-refractivity contribution is 5.68. The van der Waals surface area contributed by atoms with Gasteiger partial charge in [0.25, 0.3) is 0 Å². The third kappa shape index (κ3) is 8.09. The summed E-state index contributed by atoms with van der Waals surface area (Å²) in [5, 5.41) is 0. The molecule has 4 nitrogen and oxygen atoms in total. The zero-order valence-corrected chi connectivity index (χ0v) is 22.3. The summed E-state index contributed by atoms with van der Waals surface area (Å²) in [5.41, 5.74) is 1.48. The highest BCUT2D eigenvalue weighted by Gasteiger charge is 2.39. The largest absolute Gasteiger partial charge is 0.453 e. The molecule has 1 amide bonds. The van der Waals surface area contributed by atoms with E-state index in [0.29, 0.717) is 12.1 Å². The van der Waals surface area contributed by atoms with Crippen LogP contribution in [0.15, 0.2) is 66.7 Å². The molecule has 5 rings (SSSR count). The van der Waals surface area contributed by atoms with Crippen molar-refractivity contribution >= 4 is 6.09 Å². The summed E-state index contributed by atoms with van der Waals surface area (Å²) >= 11 is 0. The predicted octanol–water partition coefficient (Wildman–Crippen LogP) is 7.20. The minimum absolute atomic E-state index is 0.0957. The number of benzene rings is 2. The Balaban J connectivity index is 0.000000445. The molecule has 36 heavy (non-hydrogen) atoms. The molecule has 2 aromatic rings. The first-order valence-electron chi connectivity index (χ1n) is 14.4. The van der Waals surface area contributed by atoms with E-state index in [1.165, 1.54) is 83.7 Å². The van der Waals surface area contributed by atoms with Crippen LogP contribution in [-0.4, -0.2) is 54.7 Å². The quantitative estimate of drug-likeness (QED) is 0.392. The van der Waals surface area contributed by atoms with Gasteiger partial charge in [-0.05, 0) is 94.7 Å². The van der Waals surface area contributed by atoms with E-state index < -0.39 is 0 Å². The number of hydrogen-bond acceptors (Lipinski definition) is 3. The minimum Gasteiger partial charge on any atom is -0.453 e. The van der Waals surface area contributed by atoms with Gasteiger partial charge in [-0.3, -0.25) is 0 Å². The normalized spacial score (nSPS) is 22.8. The fraction of sp³-hybridized carbons (Fsp3) is 0.594. The van der Waals surface area contributed by atoms with Crippen LogP contribution in [0.4, 0.5) is 4.79 Å². The van der Waals surface area contributed by atoms with E-state index in [0.717, 1.165) is 31.1 Å². The molecule has 1 heterocycles. The third-order valence-electron chi connectivity index (χ3n) is 8.57. The van der Waals surface area contributed by atoms with Gasteiger partial charge in [-0.2, -0.15) is 0 Å². The van der Waals surface area contributed by atoms with Crippen LogP contribution in [0.25, 0.3) is 0 Å². The highest BCUT2D eigenvalue weighted by atomic mass is 16.5. The SMILES string of the molecule is COC(=O)N(C1CCC1)C1CCC(CN2CCC(CCCc3ccccc3)CC2)C1.c1ccccc1. The van der Waals surface area contributed by atoms with Crippen LogP contribution in [-0.2, 0) is 11.2 Å². The second-order valence-electron chi connectivity index (χ2n) is 11.1. The number of hydrogen-bond donors (Lipinski definition) is 0. The van der Waals surface area contributed by atoms with Gasteiger partial charge in [-0.1, -0.05) is 73.2 Å². The first-order chi connectivity index (χ1) is 17.7. The summed E-state index contributed by atoms with van der Waals surface area (Å²) < 4.78 is 5.12. The Morgan fingerprint density at radius 2 is 1.47 bits per heavy atom. The molecule has 1 aliphatic heterocycles. The van der Waals surface area contributed by atoms with Crippen molar-refractivity contribution < 1.29 is 9.53 Å². The van der Waals surface area contributed by atoms with Crippen LogP contribution in [0.2, 0.25) is 0 Å². The van der Waals surface area contributed by atoms with Crippen molar-refractivity contribution in [3.63, 3.8) is 0 Å². The number of rotatable bonds is 8. The Hall–Kier alpha value is -2.33. The van der Waals surface area contributed by atoms with Crippen LogP contribution in [0.3, 0.4) is 0 Å². The maximum absolute atomic E-state index is 12.3. The minimum atomic E-state index is -0.0957. The lowest BCUT2D eigenvalue weighted by Gasteiger charge is -2.40. The molecule has 2 atom stereocenters. The van der Waals surface area contributed by atoms with Gasteiger partial charge in [-0.15, -0.1) is 0 Å². The number of piperidine rings is 1. The molecule has 0 N–H and O–H groups in total. The highest BCUT2D eigenvalue weighted by Crippen LogP contribution is 2.36. The maximum Gasteiger partial charge on any atom is 0.409 e. The van der Waals surface area contributed by atoms with Gasteiger partial charge in [0.15, 0.2) is 0 Å². The molecule has 2 unspecified atom stereocenters. The molecule has 3 aliphatic rings. The van der Waals surface area contributed by atoms with Gasteiger partial charge in [0, 0.05) is 18.6 Å². The molecule has 2 saturated carbocycles. The number of aryl methyl sites for hydroxylation is 1. The molecule has 0 spiro atoms. The predicted molar refractivity (Wildman–Crippen MR) is 148 cm³/mol. The van der Waals surface area contributed by atoms with E-state index >= 15 is 0 Å². The van der Waals surface area contributed by atoms with Crippen molar-refractivity contribution in [3.8, 4) is 0 Å². The topological polar surface area (TPSA) is 32.8 Å². The molecular weight excluding hydrogens is 444 g/mol. The first-order valence-corrected chi connectivity index (χ1v) is 14.4. The van der Waals surface area contributed by atoms with Gasteiger partial charge >= 0.3 is 6.09 Å². The zero-order chi connectivity index (χ0) is 25.0. The standard InChI is InChI=1S/C26H40N2O2.C6H6/c1-30-26(29)28(24-11-6-12-24)25-14-13-23(19-25)20-27-17-15-22(16-18-27)10-5-9-21-7-3-2-4-8-21;1-2-4-6-5-3-1/h2-4,7-8,22-25H,5-6,9-20H2,1H3;1-6H. The second kappa shape index (κ2) is 14.4. The smallest absolute Gasteiger partial charge is 0.409 e. The first kappa shape index (κ1) is 26.7. The fourth-order valence-electron chi connectivity index (χ4n) is 6.28. The summed E-state index contributed by atoms with van der Waals surface area (Å²) in [4.78, 5) is 17.1. The Morgan fingerprint density at radius 3 is 2.06 bits per heavy atom. The fourth-order valence-corrected chi connectivity index (χ4v) is 6.28. The molecule has 1 saturated heterocycles. The number of methoxy groups -OCH3 is 1. The number of carbonyl (C=O) groups excluding carboxylic acids is 1. The van der Waals surface area contributed by atoms with Gasteiger partial charge in [0.1, 0.15) is 0 Å². The van der Waals surface area contributed by atoms with Crippen LogP contribution in [0, 0.1) is 11.8 Å². The Bertz CT molecular complexity index is 836. The lowest BCUT2D eigenvalue weighted by atomic mass is 9.89. The van der Waals surface area contributed by atoms with E-state index in [1.807, 2.05) is 36.4 Å². The molecule has 2 aliphatic carbocycles. The lowest BCUT2D eigenvalue weighted by Crippen LogP contribution is -2.49. The zero-order valence-electron chi connectivity index (χ0n) is 22.3. The van der Waals surface area contributed by atoms with E-state index in [1.54, 1.807) is 0 Å². The molecular formula is C32H46N2O2. The molecule has 2 aromatic carbocycles. The summed E-state index contributed by atoms with van der Waals surface area (Å²) in [5.74, 6) is 1.66. The van der Waals surface area contributed by atoms with Crippen molar-refractivity contribution in [1.82, 2.24) is 9.80 Å². The number of amides is 1. The summed E-state index contributed by atoms with van der Waals surface area (Å²) in [6.45, 7) is 3.76. The van der Waals surface area contributed by atoms with Crippen molar-refractivity contribution in [2.24, 2.45) is 11.8 Å². The van der Waals surface area contributed by atoms with Crippen LogP contribution >= 0.6 is 0 Å². The van der Waals surface area contributed by atoms with E-state index in [2.05, 4.69) is 40.1 Å². The molecule has 196 valence electrons. The Labute approximate surface area is 219 Å². The van der Waals surface area contributed by atoms with Gasteiger partial charge < -0.3 is 14.5 Å². The summed E-state index contributed by atoms with van der Waals surface area (Å²) in [6.07, 6.45) is 13.7. The number of nitrogens with zero attached hydrogens (tertiary/aromatic N) is 2. The van der Waals surface area contributed by atoms with Gasteiger partial charge in [0.2, 0.25) is 0 Å². The third-order valence-corrected chi connectivity index (χ3v) is 8.57. The number of likely N-dealkylation sites (tertiary alicyclic amines) is 1. The molecule has 0 aromatic heterocycles. The van der Waals surface area contributed by atoms with Crippen molar-refractivity contribution in [3.05, 3.63) is 72.3 Å². The molecule has 3 fully saturated rings. The monoisotopic (exact) mass is 490 g/mol. The molecule has 0 bridgehead atoms. The average Bonchev–Trinajstić information content (AvgIpc) is 3.36. The van der Waals surface area contributed by atoms with Crippen molar-refractivity contribution in [2.45, 2.75) is 82.7 Å². The van der Waals surface area contributed by atoms with Gasteiger partial charge in [0.05, 0.1) is 7.11 Å². The lowest BCUT2D eigenvalue weighted by molar-refractivity contribution is 0.0558. The molecule has 0 radical (unpaired) electrons. The second-order valence-corrected chi connectivity index (χ2v) is 11.1. The van der Waals surface area contributed by atoms with E-state index in [-0.39, 0.29) is 6.09 Å². The Morgan fingerprint density at radius 1 is 0.833 bits per heavy atom. The van der Waals surface area contributed by atoms with Crippen LogP contribution < -0.4 is 0 Å². The summed E-state index contributed by atoms with van der Waals surface area (Å²) in [7, 11) is 1.53. The van der Waals surface area contributed by atoms with E-state index in [4.69, 9.17) is 4.74 Å². The maximum atomic E-state index is 12.3. The number of ether oxygens (including phenoxy) is 1. The van der Waals surface area contributed by atoms with Crippen LogP contribution in [0.1, 0.15) is 69.8 Å².